The van der Waals surface area contributed by atoms with E-state index < -0.39 is 0 Å². The van der Waals surface area contributed by atoms with Crippen molar-refractivity contribution < 1.29 is 9.53 Å². The minimum Gasteiger partial charge on any atom is -0.466 e. The standard InChI is InChI=1S/C15H21ClO2S/c1-4-18-14(17)11-15(2,3)10-13(16)19-12-8-6-5-7-9-12/h5-9,13H,4,10-11H2,1-3H3. The minimum atomic E-state index is -0.152. The van der Waals surface area contributed by atoms with Gasteiger partial charge in [-0.1, -0.05) is 32.0 Å². The highest BCUT2D eigenvalue weighted by molar-refractivity contribution is 8.01. The maximum absolute atomic E-state index is 11.5. The molecule has 0 aliphatic rings. The number of alkyl halides is 1. The van der Waals surface area contributed by atoms with E-state index in [1.165, 1.54) is 0 Å². The Morgan fingerprint density at radius 1 is 1.37 bits per heavy atom. The molecule has 2 nitrogen and oxygen atoms in total. The molecule has 1 rings (SSSR count). The van der Waals surface area contributed by atoms with Crippen LogP contribution in [0.2, 0.25) is 0 Å². The minimum absolute atomic E-state index is 0.0492. The second-order valence-electron chi connectivity index (χ2n) is 5.19. The van der Waals surface area contributed by atoms with Gasteiger partial charge in [-0.15, -0.1) is 23.4 Å². The average Bonchev–Trinajstić information content (AvgIpc) is 2.28. The quantitative estimate of drug-likeness (QED) is 0.414. The molecule has 0 N–H and O–H groups in total. The van der Waals surface area contributed by atoms with Gasteiger partial charge in [0.25, 0.3) is 0 Å². The van der Waals surface area contributed by atoms with E-state index in [1.54, 1.807) is 11.8 Å². The number of halogens is 1. The van der Waals surface area contributed by atoms with Crippen molar-refractivity contribution in [3.05, 3.63) is 30.3 Å². The van der Waals surface area contributed by atoms with E-state index in [1.807, 2.05) is 51.1 Å². The molecule has 19 heavy (non-hydrogen) atoms. The van der Waals surface area contributed by atoms with Crippen molar-refractivity contribution in [2.24, 2.45) is 5.41 Å². The Morgan fingerprint density at radius 2 is 2.00 bits per heavy atom. The molecule has 1 aromatic carbocycles. The maximum Gasteiger partial charge on any atom is 0.306 e. The molecule has 4 heteroatoms. The zero-order chi connectivity index (χ0) is 14.3. The normalized spacial score (nSPS) is 13.1. The van der Waals surface area contributed by atoms with Crippen molar-refractivity contribution in [3.8, 4) is 0 Å². The van der Waals surface area contributed by atoms with Crippen molar-refractivity contribution in [2.45, 2.75) is 43.2 Å². The number of thioether (sulfide) groups is 1. The second-order valence-corrected chi connectivity index (χ2v) is 7.25. The van der Waals surface area contributed by atoms with Gasteiger partial charge in [0.05, 0.1) is 17.7 Å². The maximum atomic E-state index is 11.5. The third kappa shape index (κ3) is 6.88. The summed E-state index contributed by atoms with van der Waals surface area (Å²) >= 11 is 8.00. The molecule has 0 saturated heterocycles. The highest BCUT2D eigenvalue weighted by atomic mass is 35.5. The monoisotopic (exact) mass is 300 g/mol. The molecule has 1 unspecified atom stereocenters. The van der Waals surface area contributed by atoms with Gasteiger partial charge in [-0.05, 0) is 30.9 Å². The van der Waals surface area contributed by atoms with Crippen LogP contribution < -0.4 is 0 Å². The van der Waals surface area contributed by atoms with Crippen molar-refractivity contribution in [3.63, 3.8) is 0 Å². The van der Waals surface area contributed by atoms with Crippen molar-refractivity contribution >= 4 is 29.3 Å². The molecule has 0 bridgehead atoms. The molecule has 0 aliphatic heterocycles. The van der Waals surface area contributed by atoms with E-state index in [-0.39, 0.29) is 16.1 Å². The predicted molar refractivity (Wildman–Crippen MR) is 81.6 cm³/mol. The first-order valence-electron chi connectivity index (χ1n) is 6.44. The highest BCUT2D eigenvalue weighted by Crippen LogP contribution is 2.36. The number of hydrogen-bond donors (Lipinski definition) is 0. The van der Waals surface area contributed by atoms with Gasteiger partial charge in [-0.3, -0.25) is 4.79 Å². The number of carbonyl (C=O) groups is 1. The van der Waals surface area contributed by atoms with Crippen LogP contribution in [0.1, 0.15) is 33.6 Å². The van der Waals surface area contributed by atoms with Crippen LogP contribution in [0.25, 0.3) is 0 Å². The smallest absolute Gasteiger partial charge is 0.306 e. The fourth-order valence-corrected chi connectivity index (χ4v) is 3.67. The highest BCUT2D eigenvalue weighted by Gasteiger charge is 2.26. The van der Waals surface area contributed by atoms with Crippen LogP contribution in [0.15, 0.2) is 35.2 Å². The Labute approximate surface area is 124 Å². The first-order valence-corrected chi connectivity index (χ1v) is 7.76. The lowest BCUT2D eigenvalue weighted by Crippen LogP contribution is -2.21. The summed E-state index contributed by atoms with van der Waals surface area (Å²) in [5, 5.41) is 0. The Hall–Kier alpha value is -0.670. The van der Waals surface area contributed by atoms with Crippen LogP contribution >= 0.6 is 23.4 Å². The molecule has 0 aliphatic carbocycles. The fraction of sp³-hybridized carbons (Fsp3) is 0.533. The molecule has 106 valence electrons. The van der Waals surface area contributed by atoms with Crippen molar-refractivity contribution in [2.75, 3.05) is 6.61 Å². The van der Waals surface area contributed by atoms with Crippen LogP contribution in [0.3, 0.4) is 0 Å². The zero-order valence-corrected chi connectivity index (χ0v) is 13.3. The molecule has 0 saturated carbocycles. The number of hydrogen-bond acceptors (Lipinski definition) is 3. The lowest BCUT2D eigenvalue weighted by Gasteiger charge is -2.25. The Kier molecular flexibility index (Phi) is 6.73. The third-order valence-corrected chi connectivity index (χ3v) is 4.04. The van der Waals surface area contributed by atoms with Crippen LogP contribution in [0.4, 0.5) is 0 Å². The zero-order valence-electron chi connectivity index (χ0n) is 11.7. The molecule has 0 heterocycles. The summed E-state index contributed by atoms with van der Waals surface area (Å²) < 4.78 is 4.94. The molecule has 1 aromatic rings. The van der Waals surface area contributed by atoms with Crippen LogP contribution in [-0.2, 0) is 9.53 Å². The van der Waals surface area contributed by atoms with Gasteiger partial charge < -0.3 is 4.74 Å². The van der Waals surface area contributed by atoms with Crippen LogP contribution in [0, 0.1) is 5.41 Å². The first kappa shape index (κ1) is 16.4. The Bertz CT molecular complexity index is 392. The topological polar surface area (TPSA) is 26.3 Å². The molecule has 0 aromatic heterocycles. The van der Waals surface area contributed by atoms with E-state index in [4.69, 9.17) is 16.3 Å². The van der Waals surface area contributed by atoms with E-state index in [2.05, 4.69) is 0 Å². The summed E-state index contributed by atoms with van der Waals surface area (Å²) in [7, 11) is 0. The molecular weight excluding hydrogens is 280 g/mol. The molecule has 0 amide bonds. The van der Waals surface area contributed by atoms with E-state index in [9.17, 15) is 4.79 Å². The average molecular weight is 301 g/mol. The number of carbonyl (C=O) groups excluding carboxylic acids is 1. The van der Waals surface area contributed by atoms with Gasteiger partial charge in [-0.25, -0.2) is 0 Å². The van der Waals surface area contributed by atoms with Crippen LogP contribution in [-0.4, -0.2) is 17.3 Å². The third-order valence-electron chi connectivity index (χ3n) is 2.65. The molecule has 0 radical (unpaired) electrons. The largest absolute Gasteiger partial charge is 0.466 e. The van der Waals surface area contributed by atoms with Gasteiger partial charge in [-0.2, -0.15) is 0 Å². The lowest BCUT2D eigenvalue weighted by atomic mass is 9.86. The molecule has 0 spiro atoms. The van der Waals surface area contributed by atoms with Gasteiger partial charge in [0.1, 0.15) is 0 Å². The number of ether oxygens (including phenoxy) is 1. The number of esters is 1. The predicted octanol–water partition coefficient (Wildman–Crippen LogP) is 4.71. The fourth-order valence-electron chi connectivity index (χ4n) is 1.80. The number of rotatable bonds is 7. The second kappa shape index (κ2) is 7.81. The van der Waals surface area contributed by atoms with Gasteiger partial charge in [0.2, 0.25) is 0 Å². The number of benzene rings is 1. The lowest BCUT2D eigenvalue weighted by molar-refractivity contribution is -0.145. The van der Waals surface area contributed by atoms with Crippen molar-refractivity contribution in [1.29, 1.82) is 0 Å². The SMILES string of the molecule is CCOC(=O)CC(C)(C)CC(Cl)Sc1ccccc1. The van der Waals surface area contributed by atoms with E-state index in [0.717, 1.165) is 11.3 Å². The summed E-state index contributed by atoms with van der Waals surface area (Å²) in [5.74, 6) is -0.152. The molecule has 0 fully saturated rings. The Balaban J connectivity index is 2.46. The van der Waals surface area contributed by atoms with E-state index >= 15 is 0 Å². The first-order chi connectivity index (χ1) is 8.93. The summed E-state index contributed by atoms with van der Waals surface area (Å²) in [5.41, 5.74) is -0.152. The summed E-state index contributed by atoms with van der Waals surface area (Å²) in [6, 6.07) is 10.1. The Morgan fingerprint density at radius 3 is 2.58 bits per heavy atom. The molecular formula is C15H21ClO2S. The van der Waals surface area contributed by atoms with Gasteiger partial charge in [0.15, 0.2) is 0 Å². The van der Waals surface area contributed by atoms with Crippen molar-refractivity contribution in [1.82, 2.24) is 0 Å². The molecule has 1 atom stereocenters. The van der Waals surface area contributed by atoms with Gasteiger partial charge in [0, 0.05) is 4.90 Å². The van der Waals surface area contributed by atoms with Gasteiger partial charge >= 0.3 is 5.97 Å². The summed E-state index contributed by atoms with van der Waals surface area (Å²) in [6.45, 7) is 6.34. The summed E-state index contributed by atoms with van der Waals surface area (Å²) in [4.78, 5) is 12.7. The van der Waals surface area contributed by atoms with Crippen LogP contribution in [0.5, 0.6) is 0 Å². The summed E-state index contributed by atoms with van der Waals surface area (Å²) in [6.07, 6.45) is 1.16. The van der Waals surface area contributed by atoms with E-state index in [0.29, 0.717) is 13.0 Å².